The van der Waals surface area contributed by atoms with Crippen LogP contribution < -0.4 is 10.5 Å². The molecule has 0 atom stereocenters. The zero-order chi connectivity index (χ0) is 15.3. The summed E-state index contributed by atoms with van der Waals surface area (Å²) in [4.78, 5) is 19.6. The van der Waals surface area contributed by atoms with E-state index in [1.165, 1.54) is 20.0 Å². The van der Waals surface area contributed by atoms with Crippen LogP contribution in [0.4, 0.5) is 0 Å². The first-order valence-corrected chi connectivity index (χ1v) is 7.38. The van der Waals surface area contributed by atoms with Crippen LogP contribution in [-0.2, 0) is 4.74 Å². The summed E-state index contributed by atoms with van der Waals surface area (Å²) >= 11 is 0. The first-order chi connectivity index (χ1) is 10.0. The van der Waals surface area contributed by atoms with Crippen LogP contribution in [0.2, 0.25) is 0 Å². The molecule has 1 heterocycles. The molecular weight excluding hydrogens is 270 g/mol. The molecule has 1 aromatic rings. The van der Waals surface area contributed by atoms with Crippen molar-refractivity contribution < 1.29 is 14.3 Å². The van der Waals surface area contributed by atoms with Gasteiger partial charge < -0.3 is 15.2 Å². The maximum absolute atomic E-state index is 11.5. The Labute approximate surface area is 125 Å². The van der Waals surface area contributed by atoms with E-state index >= 15 is 0 Å². The number of hydrogen-bond acceptors (Lipinski definition) is 6. The molecule has 6 heteroatoms. The summed E-state index contributed by atoms with van der Waals surface area (Å²) in [5.74, 6) is -0.183. The molecule has 0 unspecified atom stereocenters. The fourth-order valence-electron chi connectivity index (χ4n) is 2.59. The Hall–Kier alpha value is -1.69. The van der Waals surface area contributed by atoms with Crippen molar-refractivity contribution in [1.29, 1.82) is 0 Å². The van der Waals surface area contributed by atoms with Gasteiger partial charge in [0, 0.05) is 11.8 Å². The van der Waals surface area contributed by atoms with Gasteiger partial charge in [0.15, 0.2) is 0 Å². The number of nitrogens with two attached hydrogens (primary N) is 1. The van der Waals surface area contributed by atoms with Crippen LogP contribution in [0.1, 0.15) is 54.8 Å². The van der Waals surface area contributed by atoms with Gasteiger partial charge in [-0.1, -0.05) is 25.7 Å². The van der Waals surface area contributed by atoms with Crippen molar-refractivity contribution in [2.24, 2.45) is 5.73 Å². The van der Waals surface area contributed by atoms with Crippen LogP contribution >= 0.6 is 0 Å². The molecule has 0 amide bonds. The SMILES string of the molecule is COC(=O)c1nc(C)cc(OCC2(N)CCCCCC2)n1. The van der Waals surface area contributed by atoms with Crippen molar-refractivity contribution in [1.82, 2.24) is 9.97 Å². The van der Waals surface area contributed by atoms with Gasteiger partial charge in [0.25, 0.3) is 0 Å². The molecule has 2 N–H and O–H groups in total. The normalized spacial score (nSPS) is 17.9. The van der Waals surface area contributed by atoms with Crippen molar-refractivity contribution in [3.8, 4) is 5.88 Å². The Balaban J connectivity index is 2.05. The number of aryl methyl sites for hydroxylation is 1. The van der Waals surface area contributed by atoms with Gasteiger partial charge in [0.05, 0.1) is 12.6 Å². The van der Waals surface area contributed by atoms with Gasteiger partial charge >= 0.3 is 5.97 Å². The molecule has 6 nitrogen and oxygen atoms in total. The molecule has 0 spiro atoms. The smallest absolute Gasteiger partial charge is 0.376 e. The van der Waals surface area contributed by atoms with Gasteiger partial charge in [-0.3, -0.25) is 0 Å². The summed E-state index contributed by atoms with van der Waals surface area (Å²) in [7, 11) is 1.30. The predicted octanol–water partition coefficient (Wildman–Crippen LogP) is 2.00. The second-order valence-corrected chi connectivity index (χ2v) is 5.73. The minimum Gasteiger partial charge on any atom is -0.476 e. The van der Waals surface area contributed by atoms with Crippen molar-refractivity contribution in [2.75, 3.05) is 13.7 Å². The summed E-state index contributed by atoms with van der Waals surface area (Å²) < 4.78 is 10.4. The molecule has 0 aliphatic heterocycles. The highest BCUT2D eigenvalue weighted by Gasteiger charge is 2.27. The number of esters is 1. The summed E-state index contributed by atoms with van der Waals surface area (Å²) in [6.45, 7) is 2.19. The highest BCUT2D eigenvalue weighted by Crippen LogP contribution is 2.25. The molecule has 1 aromatic heterocycles. The monoisotopic (exact) mass is 293 g/mol. The van der Waals surface area contributed by atoms with Crippen LogP contribution in [0.15, 0.2) is 6.07 Å². The number of aromatic nitrogens is 2. The average molecular weight is 293 g/mol. The average Bonchev–Trinajstić information content (AvgIpc) is 2.69. The number of carbonyl (C=O) groups is 1. The highest BCUT2D eigenvalue weighted by molar-refractivity contribution is 5.85. The third-order valence-corrected chi connectivity index (χ3v) is 3.81. The number of rotatable bonds is 4. The van der Waals surface area contributed by atoms with E-state index in [0.717, 1.165) is 25.7 Å². The fourth-order valence-corrected chi connectivity index (χ4v) is 2.59. The van der Waals surface area contributed by atoms with Gasteiger partial charge in [-0.15, -0.1) is 0 Å². The Morgan fingerprint density at radius 2 is 1.95 bits per heavy atom. The summed E-state index contributed by atoms with van der Waals surface area (Å²) in [5, 5.41) is 0. The van der Waals surface area contributed by atoms with E-state index in [2.05, 4.69) is 14.7 Å². The van der Waals surface area contributed by atoms with Crippen LogP contribution in [0.5, 0.6) is 5.88 Å². The topological polar surface area (TPSA) is 87.3 Å². The second-order valence-electron chi connectivity index (χ2n) is 5.73. The Morgan fingerprint density at radius 1 is 1.29 bits per heavy atom. The second kappa shape index (κ2) is 6.85. The zero-order valence-corrected chi connectivity index (χ0v) is 12.7. The molecule has 0 aromatic carbocycles. The number of ether oxygens (including phenoxy) is 2. The minimum absolute atomic E-state index is 0.0134. The quantitative estimate of drug-likeness (QED) is 0.675. The first kappa shape index (κ1) is 15.7. The molecule has 0 bridgehead atoms. The molecular formula is C15H23N3O3. The van der Waals surface area contributed by atoms with E-state index in [0.29, 0.717) is 18.2 Å². The molecule has 1 aliphatic rings. The van der Waals surface area contributed by atoms with E-state index in [-0.39, 0.29) is 11.4 Å². The predicted molar refractivity (Wildman–Crippen MR) is 78.2 cm³/mol. The van der Waals surface area contributed by atoms with E-state index in [4.69, 9.17) is 10.5 Å². The third-order valence-electron chi connectivity index (χ3n) is 3.81. The Bertz CT molecular complexity index is 497. The maximum atomic E-state index is 11.5. The molecule has 2 rings (SSSR count). The minimum atomic E-state index is -0.569. The lowest BCUT2D eigenvalue weighted by atomic mass is 9.93. The molecule has 1 saturated carbocycles. The summed E-state index contributed by atoms with van der Waals surface area (Å²) in [6, 6.07) is 1.70. The molecule has 21 heavy (non-hydrogen) atoms. The standard InChI is InChI=1S/C15H23N3O3/c1-11-9-12(18-13(17-11)14(19)20-2)21-10-15(16)7-5-3-4-6-8-15/h9H,3-8,10,16H2,1-2H3. The van der Waals surface area contributed by atoms with E-state index in [1.807, 2.05) is 0 Å². The van der Waals surface area contributed by atoms with Gasteiger partial charge in [0.1, 0.15) is 6.61 Å². The van der Waals surface area contributed by atoms with E-state index in [9.17, 15) is 4.79 Å². The Morgan fingerprint density at radius 3 is 2.57 bits per heavy atom. The van der Waals surface area contributed by atoms with E-state index in [1.54, 1.807) is 13.0 Å². The molecule has 0 radical (unpaired) electrons. The number of nitrogens with zero attached hydrogens (tertiary/aromatic N) is 2. The van der Waals surface area contributed by atoms with Gasteiger partial charge in [0.2, 0.25) is 11.7 Å². The number of methoxy groups -OCH3 is 1. The van der Waals surface area contributed by atoms with Crippen LogP contribution in [0, 0.1) is 6.92 Å². The van der Waals surface area contributed by atoms with Gasteiger partial charge in [-0.25, -0.2) is 9.78 Å². The lowest BCUT2D eigenvalue weighted by Crippen LogP contribution is -2.45. The number of hydrogen-bond donors (Lipinski definition) is 1. The van der Waals surface area contributed by atoms with Crippen molar-refractivity contribution in [3.63, 3.8) is 0 Å². The van der Waals surface area contributed by atoms with Crippen molar-refractivity contribution >= 4 is 5.97 Å². The van der Waals surface area contributed by atoms with Crippen LogP contribution in [0.3, 0.4) is 0 Å². The summed E-state index contributed by atoms with van der Waals surface area (Å²) in [5.41, 5.74) is 6.76. The van der Waals surface area contributed by atoms with Crippen molar-refractivity contribution in [2.45, 2.75) is 51.0 Å². The third kappa shape index (κ3) is 4.39. The molecule has 0 saturated heterocycles. The lowest BCUT2D eigenvalue weighted by Gasteiger charge is -2.27. The highest BCUT2D eigenvalue weighted by atomic mass is 16.5. The fraction of sp³-hybridized carbons (Fsp3) is 0.667. The number of carbonyl (C=O) groups excluding carboxylic acids is 1. The first-order valence-electron chi connectivity index (χ1n) is 7.38. The van der Waals surface area contributed by atoms with E-state index < -0.39 is 5.97 Å². The van der Waals surface area contributed by atoms with Crippen molar-refractivity contribution in [3.05, 3.63) is 17.6 Å². The largest absolute Gasteiger partial charge is 0.476 e. The van der Waals surface area contributed by atoms with Crippen LogP contribution in [-0.4, -0.2) is 35.2 Å². The Kier molecular flexibility index (Phi) is 5.12. The lowest BCUT2D eigenvalue weighted by molar-refractivity contribution is 0.0584. The van der Waals surface area contributed by atoms with Crippen LogP contribution in [0.25, 0.3) is 0 Å². The van der Waals surface area contributed by atoms with Gasteiger partial charge in [-0.2, -0.15) is 4.98 Å². The molecule has 1 fully saturated rings. The molecule has 116 valence electrons. The summed E-state index contributed by atoms with van der Waals surface area (Å²) in [6.07, 6.45) is 6.66. The molecule has 1 aliphatic carbocycles. The maximum Gasteiger partial charge on any atom is 0.376 e. The van der Waals surface area contributed by atoms with Gasteiger partial charge in [-0.05, 0) is 19.8 Å². The zero-order valence-electron chi connectivity index (χ0n) is 12.7.